The van der Waals surface area contributed by atoms with Crippen molar-refractivity contribution in [1.29, 1.82) is 0 Å². The lowest BCUT2D eigenvalue weighted by molar-refractivity contribution is 0.0527. The minimum atomic E-state index is -0.464. The Bertz CT molecular complexity index is 841. The van der Waals surface area contributed by atoms with Crippen molar-refractivity contribution >= 4 is 51.4 Å². The third kappa shape index (κ3) is 4.94. The molecule has 1 aromatic carbocycles. The quantitative estimate of drug-likeness (QED) is 0.557. The maximum absolute atomic E-state index is 12.7. The Hall–Kier alpha value is -1.76. The highest BCUT2D eigenvalue weighted by molar-refractivity contribution is 7.16. The zero-order valence-electron chi connectivity index (χ0n) is 15.6. The summed E-state index contributed by atoms with van der Waals surface area (Å²) in [6, 6.07) is 2.98. The Kier molecular flexibility index (Phi) is 7.53. The van der Waals surface area contributed by atoms with Gasteiger partial charge in [-0.2, -0.15) is 0 Å². The molecular weight excluding hydrogens is 409 g/mol. The Morgan fingerprint density at radius 2 is 1.78 bits per heavy atom. The summed E-state index contributed by atoms with van der Waals surface area (Å²) in [4.78, 5) is 25.9. The van der Waals surface area contributed by atoms with Crippen LogP contribution in [0.1, 0.15) is 51.4 Å². The first-order chi connectivity index (χ1) is 12.8. The van der Waals surface area contributed by atoms with Gasteiger partial charge in [0.1, 0.15) is 5.00 Å². The number of hydrogen-bond acceptors (Lipinski definition) is 5. The summed E-state index contributed by atoms with van der Waals surface area (Å²) in [5.41, 5.74) is 1.42. The van der Waals surface area contributed by atoms with E-state index in [1.807, 2.05) is 20.8 Å². The number of amides is 1. The van der Waals surface area contributed by atoms with E-state index in [1.54, 1.807) is 6.92 Å². The summed E-state index contributed by atoms with van der Waals surface area (Å²) in [6.45, 7) is 8.13. The molecule has 0 aliphatic rings. The topological polar surface area (TPSA) is 64.6 Å². The standard InChI is InChI=1S/C19H21Cl2NO4S/c1-5-7-26-16-13(20)8-12(9-14(16)21)17(23)22-18-15(19(24)25-6-2)10(3)11(4)27-18/h8-9H,5-7H2,1-4H3,(H,22,23). The zero-order chi connectivity index (χ0) is 20.1. The fourth-order valence-corrected chi connectivity index (χ4v) is 4.01. The number of rotatable bonds is 7. The van der Waals surface area contributed by atoms with Crippen LogP contribution < -0.4 is 10.1 Å². The van der Waals surface area contributed by atoms with Gasteiger partial charge in [0.25, 0.3) is 5.91 Å². The van der Waals surface area contributed by atoms with E-state index in [4.69, 9.17) is 32.7 Å². The Morgan fingerprint density at radius 3 is 2.33 bits per heavy atom. The molecule has 0 atom stereocenters. The van der Waals surface area contributed by atoms with E-state index < -0.39 is 11.9 Å². The summed E-state index contributed by atoms with van der Waals surface area (Å²) in [6.07, 6.45) is 0.808. The molecular formula is C19H21Cl2NO4S. The second-order valence-electron chi connectivity index (χ2n) is 5.78. The van der Waals surface area contributed by atoms with Crippen molar-refractivity contribution in [3.63, 3.8) is 0 Å². The summed E-state index contributed by atoms with van der Waals surface area (Å²) in [5, 5.41) is 3.71. The largest absolute Gasteiger partial charge is 0.490 e. The number of benzene rings is 1. The van der Waals surface area contributed by atoms with Crippen molar-refractivity contribution < 1.29 is 19.1 Å². The highest BCUT2D eigenvalue weighted by Crippen LogP contribution is 2.36. The van der Waals surface area contributed by atoms with E-state index in [0.717, 1.165) is 16.9 Å². The van der Waals surface area contributed by atoms with Gasteiger partial charge in [-0.1, -0.05) is 30.1 Å². The van der Waals surface area contributed by atoms with E-state index in [9.17, 15) is 9.59 Å². The van der Waals surface area contributed by atoms with Crippen LogP contribution in [0.4, 0.5) is 5.00 Å². The third-order valence-corrected chi connectivity index (χ3v) is 5.49. The van der Waals surface area contributed by atoms with E-state index in [-0.39, 0.29) is 22.2 Å². The van der Waals surface area contributed by atoms with Gasteiger partial charge in [-0.25, -0.2) is 4.79 Å². The van der Waals surface area contributed by atoms with Gasteiger partial charge in [0.2, 0.25) is 0 Å². The summed E-state index contributed by atoms with van der Waals surface area (Å²) < 4.78 is 10.6. The predicted molar refractivity (Wildman–Crippen MR) is 110 cm³/mol. The third-order valence-electron chi connectivity index (χ3n) is 3.80. The average Bonchev–Trinajstić information content (AvgIpc) is 2.88. The van der Waals surface area contributed by atoms with Crippen molar-refractivity contribution in [3.8, 4) is 5.75 Å². The maximum atomic E-state index is 12.7. The number of halogens is 2. The lowest BCUT2D eigenvalue weighted by Crippen LogP contribution is -2.15. The number of hydrogen-bond donors (Lipinski definition) is 1. The van der Waals surface area contributed by atoms with Crippen molar-refractivity contribution in [2.24, 2.45) is 0 Å². The molecule has 0 fully saturated rings. The van der Waals surface area contributed by atoms with Crippen LogP contribution in [-0.2, 0) is 4.74 Å². The fourth-order valence-electron chi connectivity index (χ4n) is 2.37. The van der Waals surface area contributed by atoms with Gasteiger partial charge in [0.15, 0.2) is 5.75 Å². The highest BCUT2D eigenvalue weighted by atomic mass is 35.5. The molecule has 1 heterocycles. The summed E-state index contributed by atoms with van der Waals surface area (Å²) in [5.74, 6) is -0.534. The van der Waals surface area contributed by atoms with Gasteiger partial charge in [-0.3, -0.25) is 4.79 Å². The molecule has 27 heavy (non-hydrogen) atoms. The first-order valence-corrected chi connectivity index (χ1v) is 10.1. The van der Waals surface area contributed by atoms with E-state index >= 15 is 0 Å². The Labute approximate surface area is 172 Å². The molecule has 0 radical (unpaired) electrons. The zero-order valence-corrected chi connectivity index (χ0v) is 17.9. The molecule has 8 heteroatoms. The predicted octanol–water partition coefficient (Wildman–Crippen LogP) is 5.89. The minimum Gasteiger partial charge on any atom is -0.490 e. The molecule has 1 aromatic heterocycles. The Morgan fingerprint density at radius 1 is 1.15 bits per heavy atom. The molecule has 0 saturated heterocycles. The second kappa shape index (κ2) is 9.44. The molecule has 146 valence electrons. The van der Waals surface area contributed by atoms with Crippen LogP contribution in [0.15, 0.2) is 12.1 Å². The molecule has 2 rings (SSSR count). The normalized spacial score (nSPS) is 10.6. The summed E-state index contributed by atoms with van der Waals surface area (Å²) >= 11 is 13.7. The first-order valence-electron chi connectivity index (χ1n) is 8.50. The number of esters is 1. The molecule has 0 aliphatic carbocycles. The van der Waals surface area contributed by atoms with Crippen LogP contribution in [0.5, 0.6) is 5.75 Å². The lowest BCUT2D eigenvalue weighted by Gasteiger charge is -2.11. The van der Waals surface area contributed by atoms with Crippen molar-refractivity contribution in [2.75, 3.05) is 18.5 Å². The van der Waals surface area contributed by atoms with Gasteiger partial charge in [0, 0.05) is 10.4 Å². The van der Waals surface area contributed by atoms with E-state index in [0.29, 0.717) is 22.9 Å². The van der Waals surface area contributed by atoms with Crippen LogP contribution in [-0.4, -0.2) is 25.1 Å². The molecule has 1 amide bonds. The SMILES string of the molecule is CCCOc1c(Cl)cc(C(=O)Nc2sc(C)c(C)c2C(=O)OCC)cc1Cl. The number of carbonyl (C=O) groups excluding carboxylic acids is 2. The fraction of sp³-hybridized carbons (Fsp3) is 0.368. The molecule has 2 aromatic rings. The number of thiophene rings is 1. The van der Waals surface area contributed by atoms with Gasteiger partial charge in [0.05, 0.1) is 28.8 Å². The molecule has 0 spiro atoms. The molecule has 0 bridgehead atoms. The van der Waals surface area contributed by atoms with Crippen LogP contribution >= 0.6 is 34.5 Å². The maximum Gasteiger partial charge on any atom is 0.341 e. The Balaban J connectivity index is 2.30. The molecule has 0 saturated carbocycles. The first kappa shape index (κ1) is 21.5. The van der Waals surface area contributed by atoms with Gasteiger partial charge in [-0.15, -0.1) is 11.3 Å². The highest BCUT2D eigenvalue weighted by Gasteiger charge is 2.23. The van der Waals surface area contributed by atoms with Gasteiger partial charge >= 0.3 is 5.97 Å². The molecule has 0 unspecified atom stereocenters. The smallest absolute Gasteiger partial charge is 0.341 e. The number of ether oxygens (including phenoxy) is 2. The molecule has 5 nitrogen and oxygen atoms in total. The van der Waals surface area contributed by atoms with Crippen LogP contribution in [0, 0.1) is 13.8 Å². The average molecular weight is 430 g/mol. The lowest BCUT2D eigenvalue weighted by atomic mass is 10.1. The van der Waals surface area contributed by atoms with Crippen molar-refractivity contribution in [2.45, 2.75) is 34.1 Å². The number of anilines is 1. The van der Waals surface area contributed by atoms with Crippen LogP contribution in [0.2, 0.25) is 10.0 Å². The number of carbonyl (C=O) groups is 2. The van der Waals surface area contributed by atoms with Crippen LogP contribution in [0.25, 0.3) is 0 Å². The van der Waals surface area contributed by atoms with Crippen LogP contribution in [0.3, 0.4) is 0 Å². The van der Waals surface area contributed by atoms with Crippen molar-refractivity contribution in [1.82, 2.24) is 0 Å². The molecule has 1 N–H and O–H groups in total. The van der Waals surface area contributed by atoms with Gasteiger partial charge in [-0.05, 0) is 44.9 Å². The monoisotopic (exact) mass is 429 g/mol. The van der Waals surface area contributed by atoms with E-state index in [1.165, 1.54) is 23.5 Å². The minimum absolute atomic E-state index is 0.255. The number of aryl methyl sites for hydroxylation is 1. The van der Waals surface area contributed by atoms with Crippen molar-refractivity contribution in [3.05, 3.63) is 43.7 Å². The summed E-state index contributed by atoms with van der Waals surface area (Å²) in [7, 11) is 0. The van der Waals surface area contributed by atoms with Gasteiger partial charge < -0.3 is 14.8 Å². The van der Waals surface area contributed by atoms with E-state index in [2.05, 4.69) is 5.32 Å². The number of nitrogens with one attached hydrogen (secondary N) is 1. The second-order valence-corrected chi connectivity index (χ2v) is 7.82. The molecule has 0 aliphatic heterocycles.